The summed E-state index contributed by atoms with van der Waals surface area (Å²) in [5.41, 5.74) is 5.89. The van der Waals surface area contributed by atoms with Gasteiger partial charge in [-0.25, -0.2) is 0 Å². The third-order valence-electron chi connectivity index (χ3n) is 4.83. The Kier molecular flexibility index (Phi) is 3.03. The van der Waals surface area contributed by atoms with Crippen molar-refractivity contribution in [3.63, 3.8) is 0 Å². The molecule has 0 amide bonds. The number of nitrogens with two attached hydrogens (primary N) is 1. The van der Waals surface area contributed by atoms with Crippen LogP contribution >= 0.6 is 0 Å². The van der Waals surface area contributed by atoms with Gasteiger partial charge in [-0.1, -0.05) is 5.16 Å². The summed E-state index contributed by atoms with van der Waals surface area (Å²) in [4.78, 5) is 9.53. The summed E-state index contributed by atoms with van der Waals surface area (Å²) in [5, 5.41) is 4.20. The lowest BCUT2D eigenvalue weighted by atomic mass is 9.91. The first-order chi connectivity index (χ1) is 9.74. The number of aromatic nitrogens is 2. The van der Waals surface area contributed by atoms with Crippen molar-refractivity contribution in [2.24, 2.45) is 5.73 Å². The molecule has 1 atom stereocenters. The zero-order valence-corrected chi connectivity index (χ0v) is 11.6. The Morgan fingerprint density at radius 3 is 2.55 bits per heavy atom. The normalized spacial score (nSPS) is 36.1. The van der Waals surface area contributed by atoms with Crippen LogP contribution in [0.3, 0.4) is 0 Å². The maximum Gasteiger partial charge on any atom is 0.246 e. The second kappa shape index (κ2) is 4.77. The van der Waals surface area contributed by atoms with Gasteiger partial charge >= 0.3 is 0 Å². The van der Waals surface area contributed by atoms with Gasteiger partial charge in [0.1, 0.15) is 5.54 Å². The van der Waals surface area contributed by atoms with Crippen LogP contribution in [0.15, 0.2) is 4.52 Å². The average molecular weight is 279 g/mol. The number of fused-ring (bicyclic) bond motifs is 3. The molecule has 7 nitrogen and oxygen atoms in total. The molecule has 2 bridgehead atoms. The third-order valence-corrected chi connectivity index (χ3v) is 4.83. The number of rotatable bonds is 2. The van der Waals surface area contributed by atoms with Gasteiger partial charge in [-0.3, -0.25) is 9.80 Å². The number of nitrogens with zero attached hydrogens (tertiary/aromatic N) is 4. The quantitative estimate of drug-likeness (QED) is 0.796. The van der Waals surface area contributed by atoms with Crippen molar-refractivity contribution in [2.45, 2.75) is 24.4 Å². The van der Waals surface area contributed by atoms with Gasteiger partial charge in [0.25, 0.3) is 0 Å². The maximum atomic E-state index is 6.40. The van der Waals surface area contributed by atoms with Crippen molar-refractivity contribution in [2.75, 3.05) is 45.9 Å². The summed E-state index contributed by atoms with van der Waals surface area (Å²) in [6.45, 7) is 6.82. The fourth-order valence-electron chi connectivity index (χ4n) is 3.38. The molecule has 4 saturated heterocycles. The third kappa shape index (κ3) is 2.05. The molecule has 0 radical (unpaired) electrons. The molecule has 110 valence electrons. The van der Waals surface area contributed by atoms with Crippen LogP contribution in [0.2, 0.25) is 0 Å². The van der Waals surface area contributed by atoms with Crippen LogP contribution < -0.4 is 5.73 Å². The molecule has 4 fully saturated rings. The van der Waals surface area contributed by atoms with Gasteiger partial charge in [0.15, 0.2) is 5.82 Å². The van der Waals surface area contributed by atoms with E-state index in [2.05, 4.69) is 19.9 Å². The topological polar surface area (TPSA) is 80.7 Å². The van der Waals surface area contributed by atoms with E-state index in [1.54, 1.807) is 0 Å². The molecule has 5 rings (SSSR count). The van der Waals surface area contributed by atoms with Crippen LogP contribution in [0.5, 0.6) is 0 Å². The molecule has 1 unspecified atom stereocenters. The van der Waals surface area contributed by atoms with Gasteiger partial charge < -0.3 is 15.0 Å². The number of ether oxygens (including phenoxy) is 1. The van der Waals surface area contributed by atoms with E-state index in [9.17, 15) is 0 Å². The molecule has 4 aliphatic rings. The molecule has 4 aliphatic heterocycles. The first-order valence-corrected chi connectivity index (χ1v) is 7.42. The number of hydrogen-bond acceptors (Lipinski definition) is 7. The van der Waals surface area contributed by atoms with Crippen LogP contribution in [0.1, 0.15) is 30.6 Å². The van der Waals surface area contributed by atoms with Gasteiger partial charge in [-0.05, 0) is 12.8 Å². The highest BCUT2D eigenvalue weighted by molar-refractivity contribution is 5.07. The average Bonchev–Trinajstić information content (AvgIpc) is 3.00. The summed E-state index contributed by atoms with van der Waals surface area (Å²) in [7, 11) is 0. The molecule has 0 spiro atoms. The van der Waals surface area contributed by atoms with Gasteiger partial charge in [-0.15, -0.1) is 0 Å². The Morgan fingerprint density at radius 1 is 1.15 bits per heavy atom. The van der Waals surface area contributed by atoms with E-state index >= 15 is 0 Å². The van der Waals surface area contributed by atoms with Crippen LogP contribution in [-0.4, -0.2) is 65.9 Å². The summed E-state index contributed by atoms with van der Waals surface area (Å²) in [5.74, 6) is 1.37. The molecule has 0 aromatic carbocycles. The smallest absolute Gasteiger partial charge is 0.246 e. The van der Waals surface area contributed by atoms with Crippen molar-refractivity contribution < 1.29 is 9.26 Å². The monoisotopic (exact) mass is 279 g/mol. The van der Waals surface area contributed by atoms with E-state index in [1.165, 1.54) is 0 Å². The lowest BCUT2D eigenvalue weighted by Crippen LogP contribution is -2.57. The van der Waals surface area contributed by atoms with E-state index in [1.807, 2.05) is 0 Å². The van der Waals surface area contributed by atoms with Crippen molar-refractivity contribution in [1.82, 2.24) is 19.9 Å². The van der Waals surface area contributed by atoms with Crippen LogP contribution in [0, 0.1) is 0 Å². The highest BCUT2D eigenvalue weighted by Gasteiger charge is 2.39. The van der Waals surface area contributed by atoms with E-state index in [0.717, 1.165) is 51.4 Å². The predicted octanol–water partition coefficient (Wildman–Crippen LogP) is -0.294. The Balaban J connectivity index is 1.56. The molecule has 1 aromatic rings. The molecule has 1 aromatic heterocycles. The van der Waals surface area contributed by atoms with Gasteiger partial charge in [0, 0.05) is 45.9 Å². The van der Waals surface area contributed by atoms with Crippen molar-refractivity contribution in [3.8, 4) is 0 Å². The van der Waals surface area contributed by atoms with Crippen molar-refractivity contribution >= 4 is 0 Å². The van der Waals surface area contributed by atoms with Gasteiger partial charge in [0.05, 0.1) is 6.04 Å². The minimum Gasteiger partial charge on any atom is -0.381 e. The highest BCUT2D eigenvalue weighted by atomic mass is 16.5. The zero-order valence-electron chi connectivity index (χ0n) is 11.6. The molecule has 5 heterocycles. The molecule has 7 heteroatoms. The second-order valence-electron chi connectivity index (χ2n) is 6.08. The Bertz CT molecular complexity index is 477. The van der Waals surface area contributed by atoms with Crippen LogP contribution in [-0.2, 0) is 10.3 Å². The largest absolute Gasteiger partial charge is 0.381 e. The molecule has 0 saturated carbocycles. The van der Waals surface area contributed by atoms with E-state index in [-0.39, 0.29) is 6.04 Å². The van der Waals surface area contributed by atoms with Crippen LogP contribution in [0.4, 0.5) is 0 Å². The molecule has 0 aliphatic carbocycles. The predicted molar refractivity (Wildman–Crippen MR) is 71.0 cm³/mol. The lowest BCUT2D eigenvalue weighted by Gasteiger charge is -2.46. The summed E-state index contributed by atoms with van der Waals surface area (Å²) < 4.78 is 10.8. The first kappa shape index (κ1) is 12.7. The standard InChI is InChI=1S/C13H21N5O2/c14-13(1-7-19-8-2-13)12-15-11(16-20-12)10-9-17-3-5-18(10)6-4-17/h10H,1-9,14H2. The summed E-state index contributed by atoms with van der Waals surface area (Å²) in [6.07, 6.45) is 1.49. The van der Waals surface area contributed by atoms with Crippen molar-refractivity contribution in [1.29, 1.82) is 0 Å². The number of piperazine rings is 3. The highest BCUT2D eigenvalue weighted by Crippen LogP contribution is 2.31. The molecule has 20 heavy (non-hydrogen) atoms. The number of hydrogen-bond donors (Lipinski definition) is 1. The second-order valence-corrected chi connectivity index (χ2v) is 6.08. The van der Waals surface area contributed by atoms with Crippen LogP contribution in [0.25, 0.3) is 0 Å². The molecular formula is C13H21N5O2. The minimum absolute atomic E-state index is 0.262. The zero-order chi connectivity index (χ0) is 13.6. The molecule has 2 N–H and O–H groups in total. The first-order valence-electron chi connectivity index (χ1n) is 7.42. The maximum absolute atomic E-state index is 6.40. The molecular weight excluding hydrogens is 258 g/mol. The Morgan fingerprint density at radius 2 is 1.90 bits per heavy atom. The van der Waals surface area contributed by atoms with E-state index in [4.69, 9.17) is 15.0 Å². The van der Waals surface area contributed by atoms with Crippen molar-refractivity contribution in [3.05, 3.63) is 11.7 Å². The van der Waals surface area contributed by atoms with E-state index in [0.29, 0.717) is 19.1 Å². The lowest BCUT2D eigenvalue weighted by molar-refractivity contribution is 0.00780. The SMILES string of the molecule is NC1(c2nc(C3CN4CCN3CC4)no2)CCOCC1. The fraction of sp³-hybridized carbons (Fsp3) is 0.846. The Hall–Kier alpha value is -1.02. The van der Waals surface area contributed by atoms with Gasteiger partial charge in [-0.2, -0.15) is 4.98 Å². The van der Waals surface area contributed by atoms with Gasteiger partial charge in [0.2, 0.25) is 5.89 Å². The summed E-state index contributed by atoms with van der Waals surface area (Å²) in [6, 6.07) is 0.262. The fourth-order valence-corrected chi connectivity index (χ4v) is 3.38. The van der Waals surface area contributed by atoms with E-state index < -0.39 is 5.54 Å². The summed E-state index contributed by atoms with van der Waals surface area (Å²) >= 11 is 0. The Labute approximate surface area is 118 Å². The minimum atomic E-state index is -0.507.